The minimum atomic E-state index is -1.25. The van der Waals surface area contributed by atoms with Gasteiger partial charge in [-0.25, -0.2) is 4.79 Å². The Morgan fingerprint density at radius 1 is 1.08 bits per heavy atom. The van der Waals surface area contributed by atoms with Gasteiger partial charge in [-0.2, -0.15) is 0 Å². The van der Waals surface area contributed by atoms with Gasteiger partial charge in [0.15, 0.2) is 5.65 Å². The predicted octanol–water partition coefficient (Wildman–Crippen LogP) is 6.80. The maximum absolute atomic E-state index is 13.3. The zero-order chi connectivity index (χ0) is 28.3. The van der Waals surface area contributed by atoms with Gasteiger partial charge in [-0.3, -0.25) is 4.40 Å². The third-order valence-corrected chi connectivity index (χ3v) is 8.62. The number of pyridine rings is 1. The van der Waals surface area contributed by atoms with E-state index in [4.69, 9.17) is 21.1 Å². The summed E-state index contributed by atoms with van der Waals surface area (Å²) in [4.78, 5) is 13.3. The number of halogens is 1. The summed E-state index contributed by atoms with van der Waals surface area (Å²) >= 11 is 6.26. The molecule has 8 nitrogen and oxygen atoms in total. The minimum Gasteiger partial charge on any atom is -0.462 e. The second-order valence-corrected chi connectivity index (χ2v) is 17.1. The van der Waals surface area contributed by atoms with Gasteiger partial charge in [0.1, 0.15) is 12.6 Å². The Hall–Kier alpha value is -3.14. The van der Waals surface area contributed by atoms with E-state index in [1.807, 2.05) is 79.4 Å². The van der Waals surface area contributed by atoms with Crippen LogP contribution in [0.2, 0.25) is 30.7 Å². The van der Waals surface area contributed by atoms with E-state index in [2.05, 4.69) is 35.2 Å². The molecule has 208 valence electrons. The first kappa shape index (κ1) is 28.9. The molecule has 4 rings (SSSR count). The van der Waals surface area contributed by atoms with Gasteiger partial charge in [-0.15, -0.1) is 10.2 Å². The summed E-state index contributed by atoms with van der Waals surface area (Å²) in [5.74, 6) is 0.440. The minimum absolute atomic E-state index is 0.289. The molecule has 1 unspecified atom stereocenters. The van der Waals surface area contributed by atoms with Crippen molar-refractivity contribution < 1.29 is 14.3 Å². The second-order valence-electron chi connectivity index (χ2n) is 11.1. The van der Waals surface area contributed by atoms with Gasteiger partial charge in [0.2, 0.25) is 0 Å². The monoisotopic (exact) mass is 567 g/mol. The first-order valence-corrected chi connectivity index (χ1v) is 17.4. The van der Waals surface area contributed by atoms with Gasteiger partial charge in [0.05, 0.1) is 29.6 Å². The van der Waals surface area contributed by atoms with Gasteiger partial charge in [0.25, 0.3) is 0 Å². The molecule has 39 heavy (non-hydrogen) atoms. The Balaban J connectivity index is 1.82. The zero-order valence-corrected chi connectivity index (χ0v) is 25.6. The van der Waals surface area contributed by atoms with Crippen LogP contribution in [0.4, 0.5) is 5.69 Å². The Morgan fingerprint density at radius 3 is 2.46 bits per heavy atom. The number of hydrogen-bond donors (Lipinski definition) is 1. The van der Waals surface area contributed by atoms with Crippen LogP contribution in [0.25, 0.3) is 5.65 Å². The number of rotatable bonds is 11. The van der Waals surface area contributed by atoms with E-state index in [1.54, 1.807) is 0 Å². The molecule has 3 heterocycles. The fourth-order valence-corrected chi connectivity index (χ4v) is 5.50. The zero-order valence-electron chi connectivity index (χ0n) is 23.8. The fraction of sp³-hybridized carbons (Fsp3) is 0.414. The quantitative estimate of drug-likeness (QED) is 0.122. The normalized spacial score (nSPS) is 12.6. The molecule has 0 aliphatic heterocycles. The van der Waals surface area contributed by atoms with E-state index >= 15 is 0 Å². The number of esters is 1. The summed E-state index contributed by atoms with van der Waals surface area (Å²) < 4.78 is 15.7. The SMILES string of the molecule is CCOC(=O)c1c(C)cn(COCC[Si](C)(C)C)c1C(Nc1cc(C)c2nnc(C)n2c1)c1ccc(Cl)cc1. The van der Waals surface area contributed by atoms with Crippen LogP contribution in [-0.4, -0.2) is 46.4 Å². The number of nitrogens with zero attached hydrogens (tertiary/aromatic N) is 4. The summed E-state index contributed by atoms with van der Waals surface area (Å²) in [7, 11) is -1.25. The van der Waals surface area contributed by atoms with Crippen LogP contribution in [0, 0.1) is 20.8 Å². The highest BCUT2D eigenvalue weighted by atomic mass is 35.5. The van der Waals surface area contributed by atoms with Crippen molar-refractivity contribution in [2.45, 2.75) is 66.2 Å². The number of nitrogens with one attached hydrogen (secondary N) is 1. The van der Waals surface area contributed by atoms with Crippen LogP contribution in [-0.2, 0) is 16.2 Å². The van der Waals surface area contributed by atoms with Crippen molar-refractivity contribution in [3.63, 3.8) is 0 Å². The van der Waals surface area contributed by atoms with Crippen molar-refractivity contribution >= 4 is 37.0 Å². The van der Waals surface area contributed by atoms with E-state index in [9.17, 15) is 4.79 Å². The number of fused-ring (bicyclic) bond motifs is 1. The molecule has 1 aromatic carbocycles. The average Bonchev–Trinajstić information content (AvgIpc) is 3.40. The van der Waals surface area contributed by atoms with Crippen LogP contribution in [0.15, 0.2) is 42.7 Å². The number of carbonyl (C=O) groups is 1. The molecule has 10 heteroatoms. The molecular formula is C29H38ClN5O3Si. The van der Waals surface area contributed by atoms with Crippen molar-refractivity contribution in [2.24, 2.45) is 0 Å². The van der Waals surface area contributed by atoms with E-state index in [0.717, 1.165) is 45.6 Å². The van der Waals surface area contributed by atoms with E-state index in [-0.39, 0.29) is 12.6 Å². The molecule has 0 aliphatic rings. The topological polar surface area (TPSA) is 82.7 Å². The van der Waals surface area contributed by atoms with E-state index < -0.39 is 14.1 Å². The molecule has 1 atom stereocenters. The van der Waals surface area contributed by atoms with Gasteiger partial charge < -0.3 is 19.4 Å². The molecule has 3 aromatic heterocycles. The molecule has 0 radical (unpaired) electrons. The number of aromatic nitrogens is 4. The second kappa shape index (κ2) is 11.9. The van der Waals surface area contributed by atoms with Crippen LogP contribution >= 0.6 is 11.6 Å². The fourth-order valence-electron chi connectivity index (χ4n) is 4.62. The third-order valence-electron chi connectivity index (χ3n) is 6.66. The number of ether oxygens (including phenoxy) is 2. The largest absolute Gasteiger partial charge is 0.462 e. The van der Waals surface area contributed by atoms with Crippen molar-refractivity contribution in [1.82, 2.24) is 19.2 Å². The van der Waals surface area contributed by atoms with Gasteiger partial charge in [-0.1, -0.05) is 43.4 Å². The third kappa shape index (κ3) is 6.72. The summed E-state index contributed by atoms with van der Waals surface area (Å²) in [6, 6.07) is 10.4. The Kier molecular flexibility index (Phi) is 8.83. The average molecular weight is 568 g/mol. The molecular weight excluding hydrogens is 530 g/mol. The lowest BCUT2D eigenvalue weighted by Gasteiger charge is -2.25. The molecule has 0 saturated carbocycles. The molecule has 0 bridgehead atoms. The first-order valence-electron chi connectivity index (χ1n) is 13.3. The standard InChI is InChI=1S/C29H38ClN5O3Si/c1-8-38-29(36)25-20(3)16-34(18-37-13-14-39(5,6)7)27(25)26(22-9-11-23(30)12-10-22)31-24-15-19(2)28-33-32-21(4)35(28)17-24/h9-12,15-17,26,31H,8,13-14,18H2,1-7H3. The lowest BCUT2D eigenvalue weighted by Crippen LogP contribution is -2.23. The Bertz CT molecular complexity index is 1460. The Labute approximate surface area is 236 Å². The van der Waals surface area contributed by atoms with Crippen LogP contribution in [0.1, 0.15) is 51.5 Å². The first-order chi connectivity index (χ1) is 18.5. The number of carbonyl (C=O) groups excluding carboxylic acids is 1. The molecule has 0 fully saturated rings. The molecule has 0 saturated heterocycles. The molecule has 0 spiro atoms. The van der Waals surface area contributed by atoms with E-state index in [1.165, 1.54) is 0 Å². The summed E-state index contributed by atoms with van der Waals surface area (Å²) in [6.07, 6.45) is 3.95. The summed E-state index contributed by atoms with van der Waals surface area (Å²) in [5.41, 5.74) is 5.76. The lowest BCUT2D eigenvalue weighted by molar-refractivity contribution is 0.0521. The molecule has 0 aliphatic carbocycles. The summed E-state index contributed by atoms with van der Waals surface area (Å²) in [6.45, 7) is 16.0. The van der Waals surface area contributed by atoms with Crippen molar-refractivity contribution in [2.75, 3.05) is 18.5 Å². The maximum atomic E-state index is 13.3. The number of aryl methyl sites for hydroxylation is 3. The van der Waals surface area contributed by atoms with Crippen LogP contribution < -0.4 is 5.32 Å². The predicted molar refractivity (Wildman–Crippen MR) is 159 cm³/mol. The van der Waals surface area contributed by atoms with Gasteiger partial charge in [0, 0.05) is 32.1 Å². The molecule has 0 amide bonds. The van der Waals surface area contributed by atoms with Crippen molar-refractivity contribution in [1.29, 1.82) is 0 Å². The molecule has 1 N–H and O–H groups in total. The van der Waals surface area contributed by atoms with E-state index in [0.29, 0.717) is 23.9 Å². The highest BCUT2D eigenvalue weighted by molar-refractivity contribution is 6.76. The van der Waals surface area contributed by atoms with Crippen molar-refractivity contribution in [3.8, 4) is 0 Å². The Morgan fingerprint density at radius 2 is 1.79 bits per heavy atom. The highest BCUT2D eigenvalue weighted by Crippen LogP contribution is 2.34. The maximum Gasteiger partial charge on any atom is 0.340 e. The lowest BCUT2D eigenvalue weighted by atomic mass is 9.98. The number of hydrogen-bond acceptors (Lipinski definition) is 6. The highest BCUT2D eigenvalue weighted by Gasteiger charge is 2.29. The molecule has 4 aromatic rings. The number of benzene rings is 1. The number of anilines is 1. The summed E-state index contributed by atoms with van der Waals surface area (Å²) in [5, 5.41) is 12.8. The van der Waals surface area contributed by atoms with Crippen molar-refractivity contribution in [3.05, 3.63) is 81.5 Å². The van der Waals surface area contributed by atoms with Gasteiger partial charge in [-0.05, 0) is 68.6 Å². The van der Waals surface area contributed by atoms with Crippen LogP contribution in [0.5, 0.6) is 0 Å². The van der Waals surface area contributed by atoms with Crippen LogP contribution in [0.3, 0.4) is 0 Å². The van der Waals surface area contributed by atoms with Gasteiger partial charge >= 0.3 is 5.97 Å². The smallest absolute Gasteiger partial charge is 0.340 e.